The molecular weight excluding hydrogens is 456 g/mol. The zero-order chi connectivity index (χ0) is 24.9. The fourth-order valence-electron chi connectivity index (χ4n) is 3.48. The fraction of sp³-hybridized carbons (Fsp3) is 0.522. The van der Waals surface area contributed by atoms with Crippen molar-refractivity contribution in [3.63, 3.8) is 0 Å². The number of nitrogens with two attached hydrogens (primary N) is 1. The van der Waals surface area contributed by atoms with Crippen molar-refractivity contribution >= 4 is 44.7 Å². The second-order valence-corrected chi connectivity index (χ2v) is 9.08. The number of carbonyl (C=O) groups is 2. The number of nitrogens with zero attached hydrogens (tertiary/aromatic N) is 2. The van der Waals surface area contributed by atoms with Crippen LogP contribution in [0.1, 0.15) is 74.3 Å². The maximum Gasteiger partial charge on any atom is 0.348 e. The van der Waals surface area contributed by atoms with E-state index < -0.39 is 10.8 Å². The van der Waals surface area contributed by atoms with Gasteiger partial charge in [-0.15, -0.1) is 0 Å². The van der Waals surface area contributed by atoms with Crippen LogP contribution in [0, 0.1) is 17.0 Å². The van der Waals surface area contributed by atoms with E-state index in [1.807, 2.05) is 0 Å². The molecule has 0 spiro atoms. The van der Waals surface area contributed by atoms with Crippen molar-refractivity contribution in [2.75, 3.05) is 29.0 Å². The van der Waals surface area contributed by atoms with Crippen molar-refractivity contribution in [1.82, 2.24) is 4.98 Å². The molecule has 34 heavy (non-hydrogen) atoms. The highest BCUT2D eigenvalue weighted by Gasteiger charge is 2.20. The summed E-state index contributed by atoms with van der Waals surface area (Å²) in [6, 6.07) is 5.09. The Morgan fingerprint density at radius 1 is 1.06 bits per heavy atom. The van der Waals surface area contributed by atoms with Crippen molar-refractivity contribution < 1.29 is 14.5 Å². The van der Waals surface area contributed by atoms with Gasteiger partial charge in [0.2, 0.25) is 5.91 Å². The Balaban J connectivity index is 1.90. The number of thiazole rings is 1. The lowest BCUT2D eigenvalue weighted by Crippen LogP contribution is -2.17. The lowest BCUT2D eigenvalue weighted by Gasteiger charge is -2.13. The van der Waals surface area contributed by atoms with Crippen LogP contribution in [0.3, 0.4) is 0 Å². The van der Waals surface area contributed by atoms with Crippen LogP contribution in [0.4, 0.5) is 21.5 Å². The SMILES string of the molecule is CC(=O)Nc1cc(NCCCCCCCCCCN)ccc1C(=O)Nc1nc(C)c([N+](=O)[O-])s1. The third kappa shape index (κ3) is 9.06. The first-order chi connectivity index (χ1) is 16.3. The van der Waals surface area contributed by atoms with Crippen molar-refractivity contribution in [1.29, 1.82) is 0 Å². The number of hydrogen-bond donors (Lipinski definition) is 4. The summed E-state index contributed by atoms with van der Waals surface area (Å²) in [4.78, 5) is 39.0. The first kappa shape index (κ1) is 27.2. The number of anilines is 3. The maximum atomic E-state index is 12.8. The third-order valence-corrected chi connectivity index (χ3v) is 6.22. The number of aryl methyl sites for hydroxylation is 1. The summed E-state index contributed by atoms with van der Waals surface area (Å²) in [5.74, 6) is -0.816. The maximum absolute atomic E-state index is 12.8. The molecular formula is C23H34N6O4S. The van der Waals surface area contributed by atoms with Crippen LogP contribution in [0.25, 0.3) is 0 Å². The van der Waals surface area contributed by atoms with Gasteiger partial charge in [0.1, 0.15) is 5.69 Å². The van der Waals surface area contributed by atoms with Crippen LogP contribution >= 0.6 is 11.3 Å². The Bertz CT molecular complexity index is 978. The van der Waals surface area contributed by atoms with Crippen molar-refractivity contribution in [3.8, 4) is 0 Å². The standard InChI is InChI=1S/C23H34N6O4S/c1-16-22(29(32)33)34-23(26-16)28-21(31)19-12-11-18(15-20(19)27-17(2)30)25-14-10-8-6-4-3-5-7-9-13-24/h11-12,15,25H,3-10,13-14,24H2,1-2H3,(H,27,30)(H,26,28,31). The largest absolute Gasteiger partial charge is 0.385 e. The molecule has 5 N–H and O–H groups in total. The van der Waals surface area contributed by atoms with Crippen molar-refractivity contribution in [3.05, 3.63) is 39.6 Å². The monoisotopic (exact) mass is 490 g/mol. The van der Waals surface area contributed by atoms with Crippen LogP contribution in [0.2, 0.25) is 0 Å². The molecule has 0 atom stereocenters. The molecule has 0 aliphatic carbocycles. The summed E-state index contributed by atoms with van der Waals surface area (Å²) in [7, 11) is 0. The Kier molecular flexibility index (Phi) is 11.4. The van der Waals surface area contributed by atoms with Gasteiger partial charge in [-0.25, -0.2) is 4.98 Å². The predicted octanol–water partition coefficient (Wildman–Crippen LogP) is 5.06. The predicted molar refractivity (Wildman–Crippen MR) is 137 cm³/mol. The molecule has 0 unspecified atom stereocenters. The number of rotatable bonds is 15. The minimum Gasteiger partial charge on any atom is -0.385 e. The molecule has 0 saturated heterocycles. The van der Waals surface area contributed by atoms with Crippen LogP contribution < -0.4 is 21.7 Å². The van der Waals surface area contributed by atoms with Gasteiger partial charge in [0.25, 0.3) is 5.91 Å². The lowest BCUT2D eigenvalue weighted by atomic mass is 10.1. The molecule has 186 valence electrons. The molecule has 10 nitrogen and oxygen atoms in total. The van der Waals surface area contributed by atoms with Crippen LogP contribution in [-0.2, 0) is 4.79 Å². The first-order valence-corrected chi connectivity index (χ1v) is 12.4. The number of benzene rings is 1. The van der Waals surface area contributed by atoms with Gasteiger partial charge in [0.05, 0.1) is 16.2 Å². The highest BCUT2D eigenvalue weighted by Crippen LogP contribution is 2.30. The van der Waals surface area contributed by atoms with Gasteiger partial charge in [-0.05, 0) is 55.8 Å². The number of aromatic nitrogens is 1. The molecule has 1 aromatic heterocycles. The van der Waals surface area contributed by atoms with Crippen molar-refractivity contribution in [2.45, 2.75) is 65.2 Å². The van der Waals surface area contributed by atoms with E-state index in [0.717, 1.165) is 49.4 Å². The molecule has 1 aromatic carbocycles. The van der Waals surface area contributed by atoms with Gasteiger partial charge in [0.15, 0.2) is 5.13 Å². The smallest absolute Gasteiger partial charge is 0.348 e. The molecule has 2 amide bonds. The zero-order valence-corrected chi connectivity index (χ0v) is 20.6. The highest BCUT2D eigenvalue weighted by molar-refractivity contribution is 7.19. The highest BCUT2D eigenvalue weighted by atomic mass is 32.1. The van der Waals surface area contributed by atoms with Gasteiger partial charge in [-0.1, -0.05) is 38.5 Å². The average molecular weight is 491 g/mol. The Morgan fingerprint density at radius 2 is 1.71 bits per heavy atom. The number of carbonyl (C=O) groups excluding carboxylic acids is 2. The topological polar surface area (TPSA) is 152 Å². The van der Waals surface area contributed by atoms with E-state index in [-0.39, 0.29) is 27.3 Å². The molecule has 2 aromatic rings. The van der Waals surface area contributed by atoms with E-state index in [0.29, 0.717) is 5.69 Å². The average Bonchev–Trinajstić information content (AvgIpc) is 3.15. The summed E-state index contributed by atoms with van der Waals surface area (Å²) in [5.41, 5.74) is 7.13. The molecule has 0 saturated carbocycles. The van der Waals surface area contributed by atoms with Crippen LogP contribution in [-0.4, -0.2) is 34.8 Å². The van der Waals surface area contributed by atoms with E-state index in [9.17, 15) is 19.7 Å². The third-order valence-electron chi connectivity index (χ3n) is 5.19. The molecule has 0 aliphatic rings. The number of amides is 2. The minimum atomic E-state index is -0.532. The van der Waals surface area contributed by atoms with Gasteiger partial charge in [-0.2, -0.15) is 0 Å². The van der Waals surface area contributed by atoms with Gasteiger partial charge in [0, 0.05) is 19.2 Å². The molecule has 0 bridgehead atoms. The van der Waals surface area contributed by atoms with E-state index in [1.54, 1.807) is 18.2 Å². The Morgan fingerprint density at radius 3 is 2.29 bits per heavy atom. The lowest BCUT2D eigenvalue weighted by molar-refractivity contribution is -0.380. The normalized spacial score (nSPS) is 10.7. The van der Waals surface area contributed by atoms with Gasteiger partial charge >= 0.3 is 5.00 Å². The fourth-order valence-corrected chi connectivity index (χ4v) is 4.26. The van der Waals surface area contributed by atoms with E-state index in [4.69, 9.17) is 5.73 Å². The number of hydrogen-bond acceptors (Lipinski definition) is 8. The van der Waals surface area contributed by atoms with E-state index in [2.05, 4.69) is 20.9 Å². The molecule has 11 heteroatoms. The molecule has 1 heterocycles. The molecule has 0 aliphatic heterocycles. The number of nitrogens with one attached hydrogen (secondary N) is 3. The zero-order valence-electron chi connectivity index (χ0n) is 19.8. The number of nitro groups is 1. The Labute approximate surface area is 203 Å². The number of unbranched alkanes of at least 4 members (excludes halogenated alkanes) is 7. The summed E-state index contributed by atoms with van der Waals surface area (Å²) in [6.07, 6.45) is 9.44. The summed E-state index contributed by atoms with van der Waals surface area (Å²) >= 11 is 0.790. The molecule has 0 radical (unpaired) electrons. The Hall–Kier alpha value is -3.05. The van der Waals surface area contributed by atoms with Gasteiger partial charge in [-0.3, -0.25) is 25.0 Å². The minimum absolute atomic E-state index is 0.122. The second-order valence-electron chi connectivity index (χ2n) is 8.11. The summed E-state index contributed by atoms with van der Waals surface area (Å²) in [6.45, 7) is 4.44. The second kappa shape index (κ2) is 14.3. The van der Waals surface area contributed by atoms with Crippen molar-refractivity contribution in [2.24, 2.45) is 5.73 Å². The van der Waals surface area contributed by atoms with E-state index in [1.165, 1.54) is 46.0 Å². The van der Waals surface area contributed by atoms with Gasteiger partial charge < -0.3 is 16.4 Å². The summed E-state index contributed by atoms with van der Waals surface area (Å²) < 4.78 is 0. The summed E-state index contributed by atoms with van der Waals surface area (Å²) in [5, 5.41) is 19.6. The first-order valence-electron chi connectivity index (χ1n) is 11.6. The van der Waals surface area contributed by atoms with E-state index >= 15 is 0 Å². The molecule has 0 fully saturated rings. The molecule has 2 rings (SSSR count). The van der Waals surface area contributed by atoms with Crippen LogP contribution in [0.15, 0.2) is 18.2 Å². The van der Waals surface area contributed by atoms with Crippen LogP contribution in [0.5, 0.6) is 0 Å². The quantitative estimate of drug-likeness (QED) is 0.155.